The van der Waals surface area contributed by atoms with Gasteiger partial charge in [-0.1, -0.05) is 107 Å². The fourth-order valence-corrected chi connectivity index (χ4v) is 4.88. The molecule has 5 heteroatoms. The van der Waals surface area contributed by atoms with Crippen molar-refractivity contribution in [3.8, 4) is 11.5 Å². The van der Waals surface area contributed by atoms with Gasteiger partial charge in [0.1, 0.15) is 11.5 Å². The van der Waals surface area contributed by atoms with Crippen molar-refractivity contribution in [2.45, 2.75) is 118 Å². The van der Waals surface area contributed by atoms with E-state index in [0.717, 1.165) is 33.4 Å². The minimum atomic E-state index is -0.191. The van der Waals surface area contributed by atoms with Gasteiger partial charge in [0.15, 0.2) is 5.11 Å². The molecule has 2 aromatic rings. The van der Waals surface area contributed by atoms with E-state index in [1.165, 1.54) is 0 Å². The van der Waals surface area contributed by atoms with Crippen molar-refractivity contribution < 1.29 is 10.2 Å². The molecule has 0 bridgehead atoms. The van der Waals surface area contributed by atoms with Crippen LogP contribution < -0.4 is 10.6 Å². The number of phenols is 2. The van der Waals surface area contributed by atoms with Crippen molar-refractivity contribution >= 4 is 17.3 Å². The van der Waals surface area contributed by atoms with E-state index in [-0.39, 0.29) is 21.7 Å². The second-order valence-electron chi connectivity index (χ2n) is 14.0. The lowest BCUT2D eigenvalue weighted by atomic mass is 9.74. The van der Waals surface area contributed by atoms with Crippen LogP contribution in [0.3, 0.4) is 0 Å². The third-order valence-electron chi connectivity index (χ3n) is 6.52. The number of hydrogen-bond donors (Lipinski definition) is 4. The predicted octanol–water partition coefficient (Wildman–Crippen LogP) is 7.45. The molecule has 0 saturated carbocycles. The standard InChI is InChI=1S/C31H48N2O2S/c1-28(2,3)21-15-13-19(25(34)23(21)30(7,8)9)17-32-27(36)33-18-20-14-16-22(29(4,5)6)24(26(20)35)31(10,11)12/h13-16,34-35H,17-18H2,1-12H3,(H2,32,33,36). The Kier molecular flexibility index (Phi) is 8.52. The second kappa shape index (κ2) is 10.2. The Labute approximate surface area is 224 Å². The lowest BCUT2D eigenvalue weighted by Gasteiger charge is -2.32. The van der Waals surface area contributed by atoms with E-state index in [4.69, 9.17) is 12.2 Å². The molecule has 2 aromatic carbocycles. The molecular weight excluding hydrogens is 464 g/mol. The summed E-state index contributed by atoms with van der Waals surface area (Å²) in [7, 11) is 0. The molecule has 4 nitrogen and oxygen atoms in total. The van der Waals surface area contributed by atoms with Crippen molar-refractivity contribution in [2.75, 3.05) is 0 Å². The lowest BCUT2D eigenvalue weighted by molar-refractivity contribution is 0.428. The summed E-state index contributed by atoms with van der Waals surface area (Å²) in [5, 5.41) is 29.3. The highest BCUT2D eigenvalue weighted by molar-refractivity contribution is 7.80. The first-order chi connectivity index (χ1) is 16.2. The van der Waals surface area contributed by atoms with Crippen LogP contribution in [0.4, 0.5) is 0 Å². The molecule has 0 atom stereocenters. The maximum absolute atomic E-state index is 11.2. The van der Waals surface area contributed by atoms with E-state index in [9.17, 15) is 10.2 Å². The predicted molar refractivity (Wildman–Crippen MR) is 157 cm³/mol. The monoisotopic (exact) mass is 512 g/mol. The van der Waals surface area contributed by atoms with Gasteiger partial charge in [-0.3, -0.25) is 0 Å². The van der Waals surface area contributed by atoms with Gasteiger partial charge < -0.3 is 20.8 Å². The zero-order chi connectivity index (χ0) is 27.9. The summed E-state index contributed by atoms with van der Waals surface area (Å²) in [4.78, 5) is 0. The van der Waals surface area contributed by atoms with Crippen molar-refractivity contribution in [2.24, 2.45) is 0 Å². The minimum Gasteiger partial charge on any atom is -0.507 e. The van der Waals surface area contributed by atoms with Crippen molar-refractivity contribution in [3.63, 3.8) is 0 Å². The van der Waals surface area contributed by atoms with Crippen LogP contribution in [0, 0.1) is 0 Å². The summed E-state index contributed by atoms with van der Waals surface area (Å²) in [5.74, 6) is 0.658. The molecule has 0 spiro atoms. The van der Waals surface area contributed by atoms with E-state index in [2.05, 4.69) is 106 Å². The molecule has 4 N–H and O–H groups in total. The van der Waals surface area contributed by atoms with Crippen molar-refractivity contribution in [1.82, 2.24) is 10.6 Å². The lowest BCUT2D eigenvalue weighted by Crippen LogP contribution is -2.34. The zero-order valence-electron chi connectivity index (χ0n) is 24.5. The Morgan fingerprint density at radius 2 is 0.889 bits per heavy atom. The normalized spacial score (nSPS) is 13.0. The molecule has 0 aliphatic rings. The number of phenolic OH excluding ortho intramolecular Hbond substituents is 2. The van der Waals surface area contributed by atoms with Crippen LogP contribution in [0.15, 0.2) is 24.3 Å². The molecule has 0 aromatic heterocycles. The van der Waals surface area contributed by atoms with Crippen LogP contribution in [-0.4, -0.2) is 15.3 Å². The first kappa shape index (κ1) is 30.0. The van der Waals surface area contributed by atoms with Crippen LogP contribution in [0.25, 0.3) is 0 Å². The summed E-state index contributed by atoms with van der Waals surface area (Å²) < 4.78 is 0. The van der Waals surface area contributed by atoms with Crippen LogP contribution in [0.2, 0.25) is 0 Å². The van der Waals surface area contributed by atoms with Gasteiger partial charge in [0.2, 0.25) is 0 Å². The SMILES string of the molecule is CC(C)(C)c1ccc(CNC(=S)NCc2ccc(C(C)(C)C)c(C(C)(C)C)c2O)c(O)c1C(C)(C)C. The molecule has 0 fully saturated rings. The number of aromatic hydroxyl groups is 2. The van der Waals surface area contributed by atoms with Gasteiger partial charge in [0, 0.05) is 35.3 Å². The van der Waals surface area contributed by atoms with Crippen LogP contribution >= 0.6 is 12.2 Å². The molecule has 0 unspecified atom stereocenters. The van der Waals surface area contributed by atoms with Crippen LogP contribution in [-0.2, 0) is 34.7 Å². The third-order valence-corrected chi connectivity index (χ3v) is 6.81. The van der Waals surface area contributed by atoms with Gasteiger partial charge in [-0.2, -0.15) is 0 Å². The molecule has 0 heterocycles. The van der Waals surface area contributed by atoms with Gasteiger partial charge in [-0.25, -0.2) is 0 Å². The van der Waals surface area contributed by atoms with Gasteiger partial charge in [0.05, 0.1) is 0 Å². The Balaban J connectivity index is 2.21. The number of nitrogens with one attached hydrogen (secondary N) is 2. The van der Waals surface area contributed by atoms with Crippen LogP contribution in [0.1, 0.15) is 116 Å². The number of benzene rings is 2. The highest BCUT2D eigenvalue weighted by atomic mass is 32.1. The summed E-state index contributed by atoms with van der Waals surface area (Å²) in [6.07, 6.45) is 0. The molecule has 0 saturated heterocycles. The van der Waals surface area contributed by atoms with Gasteiger partial charge in [-0.05, 0) is 45.0 Å². The average molecular weight is 513 g/mol. The van der Waals surface area contributed by atoms with Gasteiger partial charge >= 0.3 is 0 Å². The molecule has 0 aliphatic carbocycles. The van der Waals surface area contributed by atoms with E-state index in [0.29, 0.717) is 29.7 Å². The van der Waals surface area contributed by atoms with Crippen molar-refractivity contribution in [1.29, 1.82) is 0 Å². The molecule has 0 amide bonds. The highest BCUT2D eigenvalue weighted by Gasteiger charge is 2.30. The van der Waals surface area contributed by atoms with Crippen LogP contribution in [0.5, 0.6) is 11.5 Å². The molecule has 0 aliphatic heterocycles. The number of hydrogen-bond acceptors (Lipinski definition) is 3. The molecule has 0 radical (unpaired) electrons. The van der Waals surface area contributed by atoms with E-state index in [1.54, 1.807) is 0 Å². The molecule has 2 rings (SSSR count). The van der Waals surface area contributed by atoms with E-state index in [1.807, 2.05) is 12.1 Å². The molecular formula is C31H48N2O2S. The Morgan fingerprint density at radius 3 is 1.14 bits per heavy atom. The van der Waals surface area contributed by atoms with Crippen molar-refractivity contribution in [3.05, 3.63) is 57.6 Å². The smallest absolute Gasteiger partial charge is 0.166 e. The van der Waals surface area contributed by atoms with E-state index < -0.39 is 0 Å². The highest BCUT2D eigenvalue weighted by Crippen LogP contribution is 2.42. The maximum atomic E-state index is 11.2. The summed E-state index contributed by atoms with van der Waals surface area (Å²) >= 11 is 5.54. The fraction of sp³-hybridized carbons (Fsp3) is 0.581. The van der Waals surface area contributed by atoms with E-state index >= 15 is 0 Å². The quantitative estimate of drug-likeness (QED) is 0.320. The minimum absolute atomic E-state index is 0.0701. The van der Waals surface area contributed by atoms with Gasteiger partial charge in [-0.15, -0.1) is 0 Å². The fourth-order valence-electron chi connectivity index (χ4n) is 4.74. The Morgan fingerprint density at radius 1 is 0.583 bits per heavy atom. The second-order valence-corrected chi connectivity index (χ2v) is 14.4. The summed E-state index contributed by atoms with van der Waals surface area (Å²) in [5.41, 5.74) is 5.36. The molecule has 36 heavy (non-hydrogen) atoms. The van der Waals surface area contributed by atoms with Gasteiger partial charge in [0.25, 0.3) is 0 Å². The maximum Gasteiger partial charge on any atom is 0.166 e. The Hall–Kier alpha value is -2.27. The summed E-state index contributed by atoms with van der Waals surface area (Å²) in [6, 6.07) is 8.20. The largest absolute Gasteiger partial charge is 0.507 e. The summed E-state index contributed by atoms with van der Waals surface area (Å²) in [6.45, 7) is 26.6. The molecule has 200 valence electrons. The topological polar surface area (TPSA) is 64.5 Å². The zero-order valence-corrected chi connectivity index (χ0v) is 25.3. The Bertz CT molecular complexity index is 1020. The number of thiocarbonyl (C=S) groups is 1. The first-order valence-corrected chi connectivity index (χ1v) is 13.3. The average Bonchev–Trinajstić information content (AvgIpc) is 2.68. The third kappa shape index (κ3) is 6.94. The first-order valence-electron chi connectivity index (χ1n) is 12.9. The number of rotatable bonds is 4.